The summed E-state index contributed by atoms with van der Waals surface area (Å²) in [7, 11) is 0. The largest absolute Gasteiger partial charge is 0.475 e. The molecule has 0 amide bonds. The Hall–Kier alpha value is -1.00. The third-order valence-corrected chi connectivity index (χ3v) is 2.97. The number of furan rings is 1. The minimum absolute atomic E-state index is 0.0887. The highest BCUT2D eigenvalue weighted by atomic mass is 79.9. The molecule has 1 aromatic heterocycles. The minimum atomic E-state index is -1.09. The zero-order chi connectivity index (χ0) is 10.3. The van der Waals surface area contributed by atoms with E-state index in [2.05, 4.69) is 15.9 Å². The molecule has 0 fully saturated rings. The van der Waals surface area contributed by atoms with E-state index in [9.17, 15) is 4.79 Å². The van der Waals surface area contributed by atoms with E-state index < -0.39 is 5.97 Å². The van der Waals surface area contributed by atoms with E-state index in [1.165, 1.54) is 6.07 Å². The van der Waals surface area contributed by atoms with Crippen molar-refractivity contribution in [1.82, 2.24) is 0 Å². The number of hydrogen-bond donors (Lipinski definition) is 1. The molecule has 72 valence electrons. The number of rotatable bonds is 1. The number of hydrogen-bond acceptors (Lipinski definition) is 2. The van der Waals surface area contributed by atoms with Gasteiger partial charge in [-0.05, 0) is 28.1 Å². The molecule has 0 aliphatic heterocycles. The molecule has 0 unspecified atom stereocenters. The molecule has 1 N–H and O–H groups in total. The van der Waals surface area contributed by atoms with Crippen molar-refractivity contribution >= 4 is 44.5 Å². The first kappa shape index (κ1) is 9.55. The van der Waals surface area contributed by atoms with Crippen molar-refractivity contribution in [2.75, 3.05) is 0 Å². The van der Waals surface area contributed by atoms with Crippen molar-refractivity contribution in [1.29, 1.82) is 0 Å². The van der Waals surface area contributed by atoms with Crippen LogP contribution in [0.2, 0.25) is 5.02 Å². The maximum atomic E-state index is 10.6. The quantitative estimate of drug-likeness (QED) is 0.866. The lowest BCUT2D eigenvalue weighted by Crippen LogP contribution is -1.91. The molecular weight excluding hydrogens is 271 g/mol. The number of fused-ring (bicyclic) bond motifs is 1. The van der Waals surface area contributed by atoms with E-state index in [4.69, 9.17) is 21.1 Å². The summed E-state index contributed by atoms with van der Waals surface area (Å²) in [4.78, 5) is 10.6. The smallest absolute Gasteiger partial charge is 0.371 e. The number of carbonyl (C=O) groups is 1. The van der Waals surface area contributed by atoms with Gasteiger partial charge in [-0.25, -0.2) is 4.79 Å². The summed E-state index contributed by atoms with van der Waals surface area (Å²) in [5.41, 5.74) is 0.468. The zero-order valence-corrected chi connectivity index (χ0v) is 9.09. The Balaban J connectivity index is 2.72. The Morgan fingerprint density at radius 3 is 2.79 bits per heavy atom. The first-order valence-corrected chi connectivity index (χ1v) is 4.87. The van der Waals surface area contributed by atoms with Crippen LogP contribution < -0.4 is 0 Å². The van der Waals surface area contributed by atoms with Gasteiger partial charge in [0.2, 0.25) is 5.76 Å². The molecule has 0 atom stereocenters. The second-order valence-corrected chi connectivity index (χ2v) is 3.98. The molecule has 5 heteroatoms. The van der Waals surface area contributed by atoms with Gasteiger partial charge in [0.15, 0.2) is 0 Å². The molecule has 0 spiro atoms. The van der Waals surface area contributed by atoms with Crippen molar-refractivity contribution in [2.45, 2.75) is 0 Å². The van der Waals surface area contributed by atoms with E-state index in [-0.39, 0.29) is 5.76 Å². The van der Waals surface area contributed by atoms with Crippen molar-refractivity contribution in [2.24, 2.45) is 0 Å². The van der Waals surface area contributed by atoms with E-state index >= 15 is 0 Å². The first-order chi connectivity index (χ1) is 6.58. The summed E-state index contributed by atoms with van der Waals surface area (Å²) in [6.07, 6.45) is 0. The average molecular weight is 275 g/mol. The molecule has 3 nitrogen and oxygen atoms in total. The average Bonchev–Trinajstić information content (AvgIpc) is 2.48. The van der Waals surface area contributed by atoms with Crippen LogP contribution >= 0.6 is 27.5 Å². The van der Waals surface area contributed by atoms with Gasteiger partial charge in [-0.2, -0.15) is 0 Å². The molecule has 1 aromatic carbocycles. The molecule has 2 rings (SSSR count). The van der Waals surface area contributed by atoms with Gasteiger partial charge < -0.3 is 9.52 Å². The Bertz CT molecular complexity index is 479. The van der Waals surface area contributed by atoms with E-state index in [0.717, 1.165) is 0 Å². The van der Waals surface area contributed by atoms with Crippen LogP contribution in [0.1, 0.15) is 10.6 Å². The van der Waals surface area contributed by atoms with Crippen LogP contribution in [0.3, 0.4) is 0 Å². The second-order valence-electron chi connectivity index (χ2n) is 2.72. The Morgan fingerprint density at radius 2 is 2.14 bits per heavy atom. The van der Waals surface area contributed by atoms with Crippen LogP contribution in [0, 0.1) is 0 Å². The summed E-state index contributed by atoms with van der Waals surface area (Å²) in [5.74, 6) is -1.18. The standard InChI is InChI=1S/C9H4BrClO3/c10-5-1-4-2-8(9(12)13)14-7(4)3-6(5)11/h1-3H,(H,12,13). The van der Waals surface area contributed by atoms with Gasteiger partial charge in [0.05, 0.1) is 5.02 Å². The number of halogens is 2. The second kappa shape index (κ2) is 3.29. The molecule has 0 aliphatic rings. The van der Waals surface area contributed by atoms with Gasteiger partial charge in [0.25, 0.3) is 0 Å². The topological polar surface area (TPSA) is 50.4 Å². The fourth-order valence-corrected chi connectivity index (χ4v) is 1.65. The van der Waals surface area contributed by atoms with Crippen molar-refractivity contribution in [3.05, 3.63) is 33.5 Å². The van der Waals surface area contributed by atoms with Crippen LogP contribution in [-0.2, 0) is 0 Å². The lowest BCUT2D eigenvalue weighted by Gasteiger charge is -1.93. The molecule has 0 bridgehead atoms. The number of aromatic carboxylic acids is 1. The summed E-state index contributed by atoms with van der Waals surface area (Å²) in [5, 5.41) is 9.88. The van der Waals surface area contributed by atoms with Crippen LogP contribution in [-0.4, -0.2) is 11.1 Å². The highest BCUT2D eigenvalue weighted by Crippen LogP contribution is 2.30. The monoisotopic (exact) mass is 274 g/mol. The van der Waals surface area contributed by atoms with E-state index in [1.54, 1.807) is 12.1 Å². The van der Waals surface area contributed by atoms with Gasteiger partial charge >= 0.3 is 5.97 Å². The third-order valence-electron chi connectivity index (χ3n) is 1.77. The summed E-state index contributed by atoms with van der Waals surface area (Å²) >= 11 is 9.06. The highest BCUT2D eigenvalue weighted by molar-refractivity contribution is 9.10. The molecule has 0 radical (unpaired) electrons. The van der Waals surface area contributed by atoms with Crippen LogP contribution in [0.15, 0.2) is 27.1 Å². The molecule has 1 heterocycles. The predicted molar refractivity (Wildman–Crippen MR) is 55.9 cm³/mol. The lowest BCUT2D eigenvalue weighted by molar-refractivity contribution is 0.0665. The Morgan fingerprint density at radius 1 is 1.43 bits per heavy atom. The maximum Gasteiger partial charge on any atom is 0.371 e. The lowest BCUT2D eigenvalue weighted by atomic mass is 10.2. The fourth-order valence-electron chi connectivity index (χ4n) is 1.14. The van der Waals surface area contributed by atoms with Crippen LogP contribution in [0.25, 0.3) is 11.0 Å². The number of carboxylic acid groups (broad SMARTS) is 1. The normalized spacial score (nSPS) is 10.7. The number of carboxylic acids is 1. The molecule has 2 aromatic rings. The van der Waals surface area contributed by atoms with Crippen molar-refractivity contribution in [3.8, 4) is 0 Å². The molecular formula is C9H4BrClO3. The summed E-state index contributed by atoms with van der Waals surface area (Å²) in [6.45, 7) is 0. The van der Waals surface area contributed by atoms with Crippen molar-refractivity contribution < 1.29 is 14.3 Å². The molecule has 0 saturated carbocycles. The van der Waals surface area contributed by atoms with Gasteiger partial charge in [0, 0.05) is 15.9 Å². The third kappa shape index (κ3) is 1.51. The van der Waals surface area contributed by atoms with E-state index in [1.807, 2.05) is 0 Å². The van der Waals surface area contributed by atoms with Gasteiger partial charge in [0.1, 0.15) is 5.58 Å². The minimum Gasteiger partial charge on any atom is -0.475 e. The van der Waals surface area contributed by atoms with Gasteiger partial charge in [-0.3, -0.25) is 0 Å². The molecule has 0 saturated heterocycles. The van der Waals surface area contributed by atoms with Crippen LogP contribution in [0.4, 0.5) is 0 Å². The number of benzene rings is 1. The fraction of sp³-hybridized carbons (Fsp3) is 0. The molecule has 14 heavy (non-hydrogen) atoms. The Labute approximate surface area is 92.4 Å². The van der Waals surface area contributed by atoms with Crippen molar-refractivity contribution in [3.63, 3.8) is 0 Å². The Kier molecular flexibility index (Phi) is 2.25. The summed E-state index contributed by atoms with van der Waals surface area (Å²) < 4.78 is 5.77. The SMILES string of the molecule is O=C(O)c1cc2cc(Br)c(Cl)cc2o1. The summed E-state index contributed by atoms with van der Waals surface area (Å²) in [6, 6.07) is 4.75. The maximum absolute atomic E-state index is 10.6. The zero-order valence-electron chi connectivity index (χ0n) is 6.75. The van der Waals surface area contributed by atoms with Gasteiger partial charge in [-0.15, -0.1) is 0 Å². The van der Waals surface area contributed by atoms with Gasteiger partial charge in [-0.1, -0.05) is 11.6 Å². The van der Waals surface area contributed by atoms with E-state index in [0.29, 0.717) is 20.5 Å². The molecule has 0 aliphatic carbocycles. The highest BCUT2D eigenvalue weighted by Gasteiger charge is 2.11. The first-order valence-electron chi connectivity index (χ1n) is 3.70. The predicted octanol–water partition coefficient (Wildman–Crippen LogP) is 3.55. The van der Waals surface area contributed by atoms with Crippen LogP contribution in [0.5, 0.6) is 0 Å².